The second-order valence-corrected chi connectivity index (χ2v) is 8.46. The third kappa shape index (κ3) is 8.69. The van der Waals surface area contributed by atoms with Crippen molar-refractivity contribution < 1.29 is 9.47 Å². The summed E-state index contributed by atoms with van der Waals surface area (Å²) in [5, 5.41) is 4.35. The molecule has 0 saturated heterocycles. The van der Waals surface area contributed by atoms with Crippen molar-refractivity contribution in [3.63, 3.8) is 0 Å². The number of halogens is 1. The van der Waals surface area contributed by atoms with Gasteiger partial charge in [0.25, 0.3) is 0 Å². The van der Waals surface area contributed by atoms with Gasteiger partial charge in [-0.25, -0.2) is 0 Å². The third-order valence-corrected chi connectivity index (χ3v) is 5.69. The number of hydrogen-bond donors (Lipinski definition) is 1. The van der Waals surface area contributed by atoms with Gasteiger partial charge < -0.3 is 24.6 Å². The van der Waals surface area contributed by atoms with Crippen LogP contribution in [-0.4, -0.2) is 50.9 Å². The highest BCUT2D eigenvalue weighted by atomic mass is 35.5. The summed E-state index contributed by atoms with van der Waals surface area (Å²) in [7, 11) is 5.65. The Labute approximate surface area is 203 Å². The van der Waals surface area contributed by atoms with E-state index < -0.39 is 0 Å². The predicted octanol–water partition coefficient (Wildman–Crippen LogP) is 6.24. The summed E-state index contributed by atoms with van der Waals surface area (Å²) in [6.45, 7) is 6.56. The van der Waals surface area contributed by atoms with Crippen molar-refractivity contribution in [2.75, 3.05) is 51.1 Å². The van der Waals surface area contributed by atoms with Crippen molar-refractivity contribution in [2.24, 2.45) is 0 Å². The second-order valence-electron chi connectivity index (χ2n) is 7.64. The number of benzene rings is 2. The topological polar surface area (TPSA) is 37.0 Å². The molecule has 0 aromatic heterocycles. The Morgan fingerprint density at radius 1 is 1.09 bits per heavy atom. The minimum Gasteiger partial charge on any atom is -0.495 e. The maximum absolute atomic E-state index is 6.10. The Hall–Kier alpha value is -2.28. The molecule has 0 spiro atoms. The van der Waals surface area contributed by atoms with Gasteiger partial charge in [-0.1, -0.05) is 30.5 Å². The molecule has 7 heteroatoms. The highest BCUT2D eigenvalue weighted by Gasteiger charge is 2.11. The van der Waals surface area contributed by atoms with Gasteiger partial charge in [0.2, 0.25) is 0 Å². The molecule has 0 saturated carbocycles. The van der Waals surface area contributed by atoms with Crippen LogP contribution in [0, 0.1) is 0 Å². The van der Waals surface area contributed by atoms with Gasteiger partial charge in [-0.2, -0.15) is 0 Å². The van der Waals surface area contributed by atoms with Crippen molar-refractivity contribution >= 4 is 40.3 Å². The largest absolute Gasteiger partial charge is 0.495 e. The van der Waals surface area contributed by atoms with Crippen molar-refractivity contribution in [2.45, 2.75) is 25.7 Å². The van der Waals surface area contributed by atoms with Gasteiger partial charge in [0.1, 0.15) is 11.5 Å². The second kappa shape index (κ2) is 14.0. The highest BCUT2D eigenvalue weighted by Crippen LogP contribution is 2.28. The number of likely N-dealkylation sites (N-methyl/N-ethyl adjacent to an activating group) is 1. The minimum atomic E-state index is 0.540. The molecule has 2 aromatic rings. The minimum absolute atomic E-state index is 0.540. The van der Waals surface area contributed by atoms with E-state index in [4.69, 9.17) is 33.3 Å². The van der Waals surface area contributed by atoms with Crippen LogP contribution in [0.5, 0.6) is 11.5 Å². The number of rotatable bonds is 13. The fourth-order valence-electron chi connectivity index (χ4n) is 3.20. The molecule has 0 bridgehead atoms. The van der Waals surface area contributed by atoms with E-state index in [1.165, 1.54) is 19.3 Å². The number of nitrogens with one attached hydrogen (secondary N) is 1. The van der Waals surface area contributed by atoms with Crippen molar-refractivity contribution in [1.29, 1.82) is 0 Å². The zero-order chi connectivity index (χ0) is 23.3. The van der Waals surface area contributed by atoms with E-state index in [1.54, 1.807) is 25.3 Å². The van der Waals surface area contributed by atoms with E-state index in [0.717, 1.165) is 43.2 Å². The molecule has 0 amide bonds. The molecule has 0 aliphatic rings. The molecule has 5 nitrogen and oxygen atoms in total. The summed E-state index contributed by atoms with van der Waals surface area (Å²) in [6.07, 6.45) is 6.60. The predicted molar refractivity (Wildman–Crippen MR) is 141 cm³/mol. The van der Waals surface area contributed by atoms with Crippen LogP contribution in [0.25, 0.3) is 0 Å². The van der Waals surface area contributed by atoms with E-state index in [9.17, 15) is 0 Å². The number of nitrogens with zero attached hydrogens (tertiary/aromatic N) is 2. The lowest BCUT2D eigenvalue weighted by molar-refractivity contribution is 0.300. The average Bonchev–Trinajstić information content (AvgIpc) is 2.78. The van der Waals surface area contributed by atoms with Crippen molar-refractivity contribution in [3.8, 4) is 11.5 Å². The quantitative estimate of drug-likeness (QED) is 0.210. The molecule has 2 aromatic carbocycles. The van der Waals surface area contributed by atoms with Crippen LogP contribution >= 0.6 is 23.8 Å². The summed E-state index contributed by atoms with van der Waals surface area (Å²) in [5.74, 6) is 1.54. The fourth-order valence-corrected chi connectivity index (χ4v) is 3.59. The van der Waals surface area contributed by atoms with E-state index in [0.29, 0.717) is 15.9 Å². The number of thiocarbonyl (C=S) groups is 1. The molecule has 0 aliphatic carbocycles. The van der Waals surface area contributed by atoms with Gasteiger partial charge >= 0.3 is 0 Å². The Morgan fingerprint density at radius 2 is 1.81 bits per heavy atom. The van der Waals surface area contributed by atoms with Crippen molar-refractivity contribution in [3.05, 3.63) is 60.1 Å². The average molecular weight is 476 g/mol. The molecule has 0 unspecified atom stereocenters. The summed E-state index contributed by atoms with van der Waals surface area (Å²) in [6, 6.07) is 13.3. The first-order chi connectivity index (χ1) is 15.4. The zero-order valence-electron chi connectivity index (χ0n) is 19.3. The van der Waals surface area contributed by atoms with Crippen LogP contribution in [0.1, 0.15) is 25.7 Å². The lowest BCUT2D eigenvalue weighted by Gasteiger charge is -2.22. The first kappa shape index (κ1) is 26.0. The van der Waals surface area contributed by atoms with Crippen LogP contribution in [0.15, 0.2) is 55.1 Å². The highest BCUT2D eigenvalue weighted by molar-refractivity contribution is 7.80. The van der Waals surface area contributed by atoms with Gasteiger partial charge in [0.05, 0.1) is 19.4 Å². The number of unbranched alkanes of at least 4 members (excludes halogenated alkanes) is 3. The number of hydrogen-bond acceptors (Lipinski definition) is 4. The molecule has 0 atom stereocenters. The molecule has 2 rings (SSSR count). The van der Waals surface area contributed by atoms with Crippen LogP contribution in [0.2, 0.25) is 5.02 Å². The molecule has 174 valence electrons. The molecular weight excluding hydrogens is 442 g/mol. The van der Waals surface area contributed by atoms with Gasteiger partial charge in [0, 0.05) is 24.3 Å². The summed E-state index contributed by atoms with van der Waals surface area (Å²) >= 11 is 11.7. The normalized spacial score (nSPS) is 10.7. The molecule has 0 aliphatic heterocycles. The fraction of sp³-hybridized carbons (Fsp3) is 0.400. The number of ether oxygens (including phenoxy) is 2. The number of methoxy groups -OCH3 is 1. The third-order valence-electron chi connectivity index (χ3n) is 5.08. The Morgan fingerprint density at radius 3 is 2.50 bits per heavy atom. The first-order valence-electron chi connectivity index (χ1n) is 10.8. The molecule has 1 N–H and O–H groups in total. The smallest absolute Gasteiger partial charge is 0.177 e. The molecule has 0 radical (unpaired) electrons. The molecule has 0 heterocycles. The van der Waals surface area contributed by atoms with Crippen LogP contribution in [0.4, 0.5) is 11.4 Å². The van der Waals surface area contributed by atoms with E-state index in [2.05, 4.69) is 23.8 Å². The van der Waals surface area contributed by atoms with Gasteiger partial charge in [0.15, 0.2) is 5.11 Å². The van der Waals surface area contributed by atoms with Gasteiger partial charge in [-0.15, -0.1) is 6.58 Å². The molecule has 0 fully saturated rings. The Bertz CT molecular complexity index is 861. The van der Waals surface area contributed by atoms with Gasteiger partial charge in [-0.3, -0.25) is 0 Å². The van der Waals surface area contributed by atoms with E-state index in [-0.39, 0.29) is 0 Å². The van der Waals surface area contributed by atoms with Crippen LogP contribution in [0.3, 0.4) is 0 Å². The molecule has 32 heavy (non-hydrogen) atoms. The Balaban J connectivity index is 1.75. The monoisotopic (exact) mass is 475 g/mol. The zero-order valence-corrected chi connectivity index (χ0v) is 20.8. The summed E-state index contributed by atoms with van der Waals surface area (Å²) < 4.78 is 11.3. The van der Waals surface area contributed by atoms with Crippen molar-refractivity contribution in [1.82, 2.24) is 4.90 Å². The maximum Gasteiger partial charge on any atom is 0.177 e. The summed E-state index contributed by atoms with van der Waals surface area (Å²) in [4.78, 5) is 4.18. The maximum atomic E-state index is 6.10. The van der Waals surface area contributed by atoms with E-state index >= 15 is 0 Å². The number of anilines is 2. The van der Waals surface area contributed by atoms with Crippen LogP contribution < -0.4 is 19.7 Å². The van der Waals surface area contributed by atoms with Crippen LogP contribution in [-0.2, 0) is 0 Å². The van der Waals surface area contributed by atoms with E-state index in [1.807, 2.05) is 42.3 Å². The lowest BCUT2D eigenvalue weighted by atomic mass is 10.2. The first-order valence-corrected chi connectivity index (χ1v) is 11.6. The Kier molecular flexibility index (Phi) is 11.4. The SMILES string of the molecule is C=CCN(C)CCCCCCOc1ccc(N(C)C(=S)Nc2cc(Cl)ccc2OC)cc1. The summed E-state index contributed by atoms with van der Waals surface area (Å²) in [5.41, 5.74) is 1.68. The lowest BCUT2D eigenvalue weighted by Crippen LogP contribution is -2.30. The van der Waals surface area contributed by atoms with Gasteiger partial charge in [-0.05, 0) is 81.1 Å². The standard InChI is InChI=1S/C25H34ClN3O2S/c1-5-16-28(2)17-8-6-7-9-18-31-22-13-11-21(12-14-22)29(3)25(32)27-23-19-20(26)10-15-24(23)30-4/h5,10-15,19H,1,6-9,16-18H2,2-4H3,(H,27,32). The molecular formula is C25H34ClN3O2S.